The summed E-state index contributed by atoms with van der Waals surface area (Å²) in [5, 5.41) is 8.64. The molecule has 2 nitrogen and oxygen atoms in total. The number of hydrogen-bond donors (Lipinski definition) is 1. The van der Waals surface area contributed by atoms with Crippen LogP contribution in [-0.2, 0) is 11.3 Å². The van der Waals surface area contributed by atoms with Gasteiger partial charge in [-0.2, -0.15) is 0 Å². The highest BCUT2D eigenvalue weighted by molar-refractivity contribution is 7.12. The van der Waals surface area contributed by atoms with Crippen molar-refractivity contribution < 1.29 is 9.84 Å². The fourth-order valence-corrected chi connectivity index (χ4v) is 3.05. The van der Waals surface area contributed by atoms with E-state index in [2.05, 4.69) is 24.8 Å². The molecule has 0 aliphatic heterocycles. The second kappa shape index (κ2) is 6.94. The second-order valence-electron chi connectivity index (χ2n) is 4.92. The van der Waals surface area contributed by atoms with Crippen LogP contribution in [0, 0.1) is 17.8 Å². The lowest BCUT2D eigenvalue weighted by Gasteiger charge is -2.26. The maximum atomic E-state index is 8.64. The second-order valence-corrected chi connectivity index (χ2v) is 6.09. The molecule has 1 fully saturated rings. The fourth-order valence-electron chi connectivity index (χ4n) is 2.25. The zero-order chi connectivity index (χ0) is 12.8. The van der Waals surface area contributed by atoms with E-state index >= 15 is 0 Å². The lowest BCUT2D eigenvalue weighted by molar-refractivity contribution is 0.0100. The highest BCUT2D eigenvalue weighted by Crippen LogP contribution is 2.27. The number of thiophene rings is 1. The Labute approximate surface area is 113 Å². The predicted octanol–water partition coefficient (Wildman–Crippen LogP) is 3.19. The van der Waals surface area contributed by atoms with Crippen LogP contribution in [0.5, 0.6) is 0 Å². The summed E-state index contributed by atoms with van der Waals surface area (Å²) in [6.45, 7) is 2.94. The van der Waals surface area contributed by atoms with Crippen LogP contribution >= 0.6 is 11.3 Å². The Hall–Kier alpha value is -0.820. The van der Waals surface area contributed by atoms with E-state index in [9.17, 15) is 0 Å². The molecule has 1 aliphatic rings. The Morgan fingerprint density at radius 2 is 2.11 bits per heavy atom. The third kappa shape index (κ3) is 4.13. The van der Waals surface area contributed by atoms with Gasteiger partial charge in [-0.05, 0) is 43.7 Å². The van der Waals surface area contributed by atoms with Gasteiger partial charge in [0.1, 0.15) is 6.61 Å². The third-order valence-electron chi connectivity index (χ3n) is 3.38. The minimum atomic E-state index is -0.0794. The van der Waals surface area contributed by atoms with E-state index in [1.54, 1.807) is 11.3 Å². The first-order valence-electron chi connectivity index (χ1n) is 6.58. The predicted molar refractivity (Wildman–Crippen MR) is 74.5 cm³/mol. The number of ether oxygens (including phenoxy) is 1. The molecule has 1 aliphatic carbocycles. The number of hydrogen-bond acceptors (Lipinski definition) is 3. The molecule has 1 saturated carbocycles. The van der Waals surface area contributed by atoms with E-state index in [0.717, 1.165) is 10.8 Å². The number of aliphatic hydroxyl groups excluding tert-OH is 1. The van der Waals surface area contributed by atoms with Gasteiger partial charge in [-0.15, -0.1) is 11.3 Å². The van der Waals surface area contributed by atoms with Gasteiger partial charge in [-0.25, -0.2) is 0 Å². The normalized spacial score (nSPS) is 23.4. The largest absolute Gasteiger partial charge is 0.384 e. The zero-order valence-electron chi connectivity index (χ0n) is 10.8. The summed E-state index contributed by atoms with van der Waals surface area (Å²) >= 11 is 1.65. The van der Waals surface area contributed by atoms with Crippen molar-refractivity contribution in [2.45, 2.75) is 45.3 Å². The lowest BCUT2D eigenvalue weighted by atomic mass is 9.89. The summed E-state index contributed by atoms with van der Waals surface area (Å²) in [5.41, 5.74) is 0. The molecular weight excluding hydrogens is 244 g/mol. The first kappa shape index (κ1) is 13.6. The molecule has 0 radical (unpaired) electrons. The smallest absolute Gasteiger partial charge is 0.104 e. The molecule has 18 heavy (non-hydrogen) atoms. The van der Waals surface area contributed by atoms with Gasteiger partial charge in [0.15, 0.2) is 0 Å². The van der Waals surface area contributed by atoms with Gasteiger partial charge in [0, 0.05) is 4.88 Å². The topological polar surface area (TPSA) is 29.5 Å². The molecule has 98 valence electrons. The molecule has 0 atom stereocenters. The maximum absolute atomic E-state index is 8.64. The van der Waals surface area contributed by atoms with Crippen molar-refractivity contribution in [1.29, 1.82) is 0 Å². The molecule has 3 heteroatoms. The van der Waals surface area contributed by atoms with Gasteiger partial charge in [0.2, 0.25) is 0 Å². The molecule has 1 aromatic rings. The molecule has 0 unspecified atom stereocenters. The Kier molecular flexibility index (Phi) is 5.25. The molecule has 0 saturated heterocycles. The Morgan fingerprint density at radius 3 is 2.83 bits per heavy atom. The SMILES string of the molecule is CC1CCC(OCc2ccc(C#CCO)s2)CC1. The number of aliphatic hydroxyl groups is 1. The maximum Gasteiger partial charge on any atom is 0.104 e. The van der Waals surface area contributed by atoms with Crippen LogP contribution in [-0.4, -0.2) is 17.8 Å². The van der Waals surface area contributed by atoms with Crippen LogP contribution in [0.15, 0.2) is 12.1 Å². The van der Waals surface area contributed by atoms with Crippen molar-refractivity contribution in [3.8, 4) is 11.8 Å². The van der Waals surface area contributed by atoms with Crippen molar-refractivity contribution in [3.05, 3.63) is 21.9 Å². The average Bonchev–Trinajstić information content (AvgIpc) is 2.84. The summed E-state index contributed by atoms with van der Waals surface area (Å²) in [7, 11) is 0. The van der Waals surface area contributed by atoms with E-state index in [4.69, 9.17) is 9.84 Å². The monoisotopic (exact) mass is 264 g/mol. The van der Waals surface area contributed by atoms with E-state index in [1.165, 1.54) is 30.6 Å². The fraction of sp³-hybridized carbons (Fsp3) is 0.600. The minimum Gasteiger partial charge on any atom is -0.384 e. The van der Waals surface area contributed by atoms with Crippen molar-refractivity contribution in [1.82, 2.24) is 0 Å². The summed E-state index contributed by atoms with van der Waals surface area (Å²) < 4.78 is 5.95. The summed E-state index contributed by atoms with van der Waals surface area (Å²) in [5.74, 6) is 6.45. The molecule has 0 bridgehead atoms. The van der Waals surface area contributed by atoms with Crippen LogP contribution in [0.4, 0.5) is 0 Å². The molecule has 2 rings (SSSR count). The van der Waals surface area contributed by atoms with Crippen molar-refractivity contribution in [3.63, 3.8) is 0 Å². The molecular formula is C15H20O2S. The zero-order valence-corrected chi connectivity index (χ0v) is 11.6. The van der Waals surface area contributed by atoms with Gasteiger partial charge >= 0.3 is 0 Å². The molecule has 1 aromatic heterocycles. The summed E-state index contributed by atoms with van der Waals surface area (Å²) in [6.07, 6.45) is 5.42. The van der Waals surface area contributed by atoms with Gasteiger partial charge in [-0.1, -0.05) is 18.8 Å². The first-order valence-corrected chi connectivity index (χ1v) is 7.39. The van der Waals surface area contributed by atoms with Crippen molar-refractivity contribution in [2.75, 3.05) is 6.61 Å². The molecule has 0 aromatic carbocycles. The van der Waals surface area contributed by atoms with Gasteiger partial charge < -0.3 is 9.84 Å². The Balaban J connectivity index is 1.78. The van der Waals surface area contributed by atoms with E-state index < -0.39 is 0 Å². The molecule has 1 N–H and O–H groups in total. The summed E-state index contributed by atoms with van der Waals surface area (Å²) in [6, 6.07) is 4.06. The third-order valence-corrected chi connectivity index (χ3v) is 4.35. The van der Waals surface area contributed by atoms with Crippen LogP contribution < -0.4 is 0 Å². The quantitative estimate of drug-likeness (QED) is 0.850. The first-order chi connectivity index (χ1) is 8.78. The number of rotatable bonds is 3. The van der Waals surface area contributed by atoms with Crippen LogP contribution in [0.1, 0.15) is 42.4 Å². The van der Waals surface area contributed by atoms with Gasteiger partial charge in [0.05, 0.1) is 17.6 Å². The van der Waals surface area contributed by atoms with Crippen molar-refractivity contribution >= 4 is 11.3 Å². The molecule has 1 heterocycles. The van der Waals surface area contributed by atoms with E-state index in [1.807, 2.05) is 6.07 Å². The van der Waals surface area contributed by atoms with Gasteiger partial charge in [0.25, 0.3) is 0 Å². The molecule has 0 spiro atoms. The highest BCUT2D eigenvalue weighted by atomic mass is 32.1. The standard InChI is InChI=1S/C15H20O2S/c1-12-4-6-13(7-5-12)17-11-15-9-8-14(18-15)3-2-10-16/h8-9,12-13,16H,4-7,10-11H2,1H3. The lowest BCUT2D eigenvalue weighted by Crippen LogP contribution is -2.19. The van der Waals surface area contributed by atoms with Crippen molar-refractivity contribution in [2.24, 2.45) is 5.92 Å². The van der Waals surface area contributed by atoms with Crippen LogP contribution in [0.25, 0.3) is 0 Å². The Bertz CT molecular complexity index is 419. The van der Waals surface area contributed by atoms with E-state index in [0.29, 0.717) is 12.7 Å². The molecule has 0 amide bonds. The van der Waals surface area contributed by atoms with Gasteiger partial charge in [-0.3, -0.25) is 0 Å². The Morgan fingerprint density at radius 1 is 1.33 bits per heavy atom. The van der Waals surface area contributed by atoms with Crippen LogP contribution in [0.2, 0.25) is 0 Å². The minimum absolute atomic E-state index is 0.0794. The average molecular weight is 264 g/mol. The highest BCUT2D eigenvalue weighted by Gasteiger charge is 2.18. The van der Waals surface area contributed by atoms with Crippen LogP contribution in [0.3, 0.4) is 0 Å². The van der Waals surface area contributed by atoms with E-state index in [-0.39, 0.29) is 6.61 Å². The summed E-state index contributed by atoms with van der Waals surface area (Å²) in [4.78, 5) is 2.22.